The van der Waals surface area contributed by atoms with Crippen LogP contribution in [0.2, 0.25) is 0 Å². The lowest BCUT2D eigenvalue weighted by Crippen LogP contribution is -2.35. The summed E-state index contributed by atoms with van der Waals surface area (Å²) >= 11 is 0. The monoisotopic (exact) mass is 255 g/mol. The first-order chi connectivity index (χ1) is 9.36. The van der Waals surface area contributed by atoms with E-state index in [1.54, 1.807) is 0 Å². The van der Waals surface area contributed by atoms with Gasteiger partial charge in [-0.2, -0.15) is 0 Å². The maximum Gasteiger partial charge on any atom is 0.134 e. The van der Waals surface area contributed by atoms with E-state index in [-0.39, 0.29) is 0 Å². The number of pyridine rings is 1. The standard InChI is InChI=1S/C16H21N3/c1-17-13-6-8-14(9-7-13)19-16-15-5-3-2-4-12(15)10-11-18-16/h2-5,10-11,13-14,17H,6-9H2,1H3,(H,18,19). The van der Waals surface area contributed by atoms with Crippen molar-refractivity contribution >= 4 is 16.6 Å². The number of nitrogens with zero attached hydrogens (tertiary/aromatic N) is 1. The Morgan fingerprint density at radius 1 is 1.00 bits per heavy atom. The molecule has 0 amide bonds. The molecule has 0 bridgehead atoms. The molecule has 3 rings (SSSR count). The van der Waals surface area contributed by atoms with Gasteiger partial charge in [0, 0.05) is 23.7 Å². The summed E-state index contributed by atoms with van der Waals surface area (Å²) in [6, 6.07) is 11.8. The van der Waals surface area contributed by atoms with Crippen LogP contribution in [0.3, 0.4) is 0 Å². The summed E-state index contributed by atoms with van der Waals surface area (Å²) in [5.74, 6) is 1.03. The summed E-state index contributed by atoms with van der Waals surface area (Å²) in [6.45, 7) is 0. The molecule has 1 saturated carbocycles. The molecule has 0 atom stereocenters. The highest BCUT2D eigenvalue weighted by molar-refractivity contribution is 5.91. The molecular weight excluding hydrogens is 234 g/mol. The molecule has 1 aromatic carbocycles. The maximum absolute atomic E-state index is 4.51. The summed E-state index contributed by atoms with van der Waals surface area (Å²) in [7, 11) is 2.06. The number of hydrogen-bond donors (Lipinski definition) is 2. The molecule has 3 heteroatoms. The predicted octanol–water partition coefficient (Wildman–Crippen LogP) is 3.18. The van der Waals surface area contributed by atoms with E-state index in [4.69, 9.17) is 0 Å². The van der Waals surface area contributed by atoms with E-state index in [0.29, 0.717) is 12.1 Å². The quantitative estimate of drug-likeness (QED) is 0.884. The maximum atomic E-state index is 4.51. The number of anilines is 1. The van der Waals surface area contributed by atoms with E-state index in [0.717, 1.165) is 5.82 Å². The summed E-state index contributed by atoms with van der Waals surface area (Å²) in [6.07, 6.45) is 6.83. The van der Waals surface area contributed by atoms with E-state index in [2.05, 4.69) is 53.0 Å². The highest BCUT2D eigenvalue weighted by Gasteiger charge is 2.20. The number of hydrogen-bond acceptors (Lipinski definition) is 3. The first-order valence-electron chi connectivity index (χ1n) is 7.14. The summed E-state index contributed by atoms with van der Waals surface area (Å²) in [5, 5.41) is 9.48. The van der Waals surface area contributed by atoms with Crippen molar-refractivity contribution in [2.75, 3.05) is 12.4 Å². The highest BCUT2D eigenvalue weighted by atomic mass is 15.0. The van der Waals surface area contributed by atoms with Gasteiger partial charge >= 0.3 is 0 Å². The predicted molar refractivity (Wildman–Crippen MR) is 80.5 cm³/mol. The van der Waals surface area contributed by atoms with Gasteiger partial charge in [-0.15, -0.1) is 0 Å². The van der Waals surface area contributed by atoms with Crippen molar-refractivity contribution in [3.8, 4) is 0 Å². The first-order valence-corrected chi connectivity index (χ1v) is 7.14. The molecule has 1 aromatic heterocycles. The van der Waals surface area contributed by atoms with Gasteiger partial charge < -0.3 is 10.6 Å². The fourth-order valence-corrected chi connectivity index (χ4v) is 2.95. The van der Waals surface area contributed by atoms with E-state index in [9.17, 15) is 0 Å². The Kier molecular flexibility index (Phi) is 3.65. The molecular formula is C16H21N3. The van der Waals surface area contributed by atoms with E-state index < -0.39 is 0 Å². The van der Waals surface area contributed by atoms with Crippen LogP contribution in [-0.2, 0) is 0 Å². The summed E-state index contributed by atoms with van der Waals surface area (Å²) in [4.78, 5) is 4.51. The van der Waals surface area contributed by atoms with Crippen LogP contribution in [0.4, 0.5) is 5.82 Å². The smallest absolute Gasteiger partial charge is 0.134 e. The van der Waals surface area contributed by atoms with Crippen molar-refractivity contribution in [3.05, 3.63) is 36.5 Å². The molecule has 19 heavy (non-hydrogen) atoms. The van der Waals surface area contributed by atoms with Gasteiger partial charge in [-0.1, -0.05) is 24.3 Å². The van der Waals surface area contributed by atoms with Crippen LogP contribution in [-0.4, -0.2) is 24.1 Å². The van der Waals surface area contributed by atoms with Crippen LogP contribution in [0.25, 0.3) is 10.8 Å². The van der Waals surface area contributed by atoms with Gasteiger partial charge in [-0.3, -0.25) is 0 Å². The summed E-state index contributed by atoms with van der Waals surface area (Å²) in [5.41, 5.74) is 0. The Morgan fingerprint density at radius 2 is 1.74 bits per heavy atom. The molecule has 1 aliphatic rings. The zero-order valence-corrected chi connectivity index (χ0v) is 11.4. The largest absolute Gasteiger partial charge is 0.367 e. The minimum absolute atomic E-state index is 0.558. The lowest BCUT2D eigenvalue weighted by molar-refractivity contribution is 0.371. The molecule has 0 aliphatic heterocycles. The molecule has 0 radical (unpaired) electrons. The Bertz CT molecular complexity index is 539. The number of benzene rings is 1. The van der Waals surface area contributed by atoms with Gasteiger partial charge in [-0.25, -0.2) is 4.98 Å². The third kappa shape index (κ3) is 2.71. The van der Waals surface area contributed by atoms with Gasteiger partial charge in [0.05, 0.1) is 0 Å². The number of fused-ring (bicyclic) bond motifs is 1. The van der Waals surface area contributed by atoms with Gasteiger partial charge in [0.2, 0.25) is 0 Å². The lowest BCUT2D eigenvalue weighted by atomic mass is 9.91. The molecule has 1 aliphatic carbocycles. The SMILES string of the molecule is CNC1CCC(Nc2nccc3ccccc23)CC1. The van der Waals surface area contributed by atoms with Gasteiger partial charge in [-0.05, 0) is 44.2 Å². The van der Waals surface area contributed by atoms with E-state index in [1.165, 1.54) is 36.5 Å². The van der Waals surface area contributed by atoms with Crippen LogP contribution >= 0.6 is 0 Å². The van der Waals surface area contributed by atoms with Crippen molar-refractivity contribution in [2.45, 2.75) is 37.8 Å². The third-order valence-corrected chi connectivity index (χ3v) is 4.15. The Hall–Kier alpha value is -1.61. The van der Waals surface area contributed by atoms with Crippen LogP contribution in [0.1, 0.15) is 25.7 Å². The average Bonchev–Trinajstić information content (AvgIpc) is 2.48. The van der Waals surface area contributed by atoms with Crippen LogP contribution in [0.15, 0.2) is 36.5 Å². The van der Waals surface area contributed by atoms with Crippen molar-refractivity contribution in [1.29, 1.82) is 0 Å². The van der Waals surface area contributed by atoms with Crippen molar-refractivity contribution in [1.82, 2.24) is 10.3 Å². The Labute approximate surface area is 114 Å². The van der Waals surface area contributed by atoms with E-state index >= 15 is 0 Å². The number of aromatic nitrogens is 1. The van der Waals surface area contributed by atoms with Gasteiger partial charge in [0.25, 0.3) is 0 Å². The second-order valence-corrected chi connectivity index (χ2v) is 5.36. The molecule has 100 valence electrons. The Morgan fingerprint density at radius 3 is 2.53 bits per heavy atom. The van der Waals surface area contributed by atoms with Crippen molar-refractivity contribution in [3.63, 3.8) is 0 Å². The van der Waals surface area contributed by atoms with Crippen LogP contribution in [0, 0.1) is 0 Å². The third-order valence-electron chi connectivity index (χ3n) is 4.15. The number of rotatable bonds is 3. The van der Waals surface area contributed by atoms with E-state index in [1.807, 2.05) is 6.20 Å². The minimum atomic E-state index is 0.558. The molecule has 0 spiro atoms. The zero-order valence-electron chi connectivity index (χ0n) is 11.4. The van der Waals surface area contributed by atoms with Gasteiger partial charge in [0.1, 0.15) is 5.82 Å². The summed E-state index contributed by atoms with van der Waals surface area (Å²) < 4.78 is 0. The zero-order chi connectivity index (χ0) is 13.1. The number of nitrogens with one attached hydrogen (secondary N) is 2. The molecule has 3 nitrogen and oxygen atoms in total. The second kappa shape index (κ2) is 5.57. The van der Waals surface area contributed by atoms with Gasteiger partial charge in [0.15, 0.2) is 0 Å². The molecule has 1 heterocycles. The molecule has 2 aromatic rings. The molecule has 1 fully saturated rings. The highest BCUT2D eigenvalue weighted by Crippen LogP contribution is 2.25. The first kappa shape index (κ1) is 12.4. The Balaban J connectivity index is 1.75. The van der Waals surface area contributed by atoms with Crippen LogP contribution in [0.5, 0.6) is 0 Å². The van der Waals surface area contributed by atoms with Crippen molar-refractivity contribution in [2.24, 2.45) is 0 Å². The lowest BCUT2D eigenvalue weighted by Gasteiger charge is -2.29. The fraction of sp³-hybridized carbons (Fsp3) is 0.438. The minimum Gasteiger partial charge on any atom is -0.367 e. The second-order valence-electron chi connectivity index (χ2n) is 5.36. The molecule has 0 saturated heterocycles. The fourth-order valence-electron chi connectivity index (χ4n) is 2.95. The normalized spacial score (nSPS) is 23.4. The molecule has 0 unspecified atom stereocenters. The van der Waals surface area contributed by atoms with Crippen molar-refractivity contribution < 1.29 is 0 Å². The van der Waals surface area contributed by atoms with Crippen LogP contribution < -0.4 is 10.6 Å². The molecule has 2 N–H and O–H groups in total. The average molecular weight is 255 g/mol. The topological polar surface area (TPSA) is 37.0 Å².